The van der Waals surface area contributed by atoms with Crippen molar-refractivity contribution >= 4 is 29.9 Å². The molecule has 0 aliphatic rings. The summed E-state index contributed by atoms with van der Waals surface area (Å²) < 4.78 is 37.4. The van der Waals surface area contributed by atoms with Crippen molar-refractivity contribution in [3.8, 4) is 11.1 Å². The number of halogens is 3. The number of aromatic carboxylic acids is 1. The van der Waals surface area contributed by atoms with E-state index in [1.165, 1.54) is 23.5 Å². The molecule has 0 aliphatic carbocycles. The van der Waals surface area contributed by atoms with Gasteiger partial charge in [-0.2, -0.15) is 25.8 Å². The lowest BCUT2D eigenvalue weighted by Gasteiger charge is -2.25. The molecule has 0 aliphatic heterocycles. The van der Waals surface area contributed by atoms with Crippen LogP contribution in [-0.4, -0.2) is 11.1 Å². The van der Waals surface area contributed by atoms with E-state index in [0.717, 1.165) is 39.3 Å². The normalized spacial score (nSPS) is 12.7. The average molecular weight is 481 g/mol. The molecule has 0 fully saturated rings. The summed E-state index contributed by atoms with van der Waals surface area (Å²) in [5.41, 5.74) is 3.39. The molecule has 0 saturated carbocycles. The molecular weight excluding hydrogens is 453 g/mol. The molecule has 0 spiro atoms. The highest BCUT2D eigenvalue weighted by atomic mass is 32.1. The Morgan fingerprint density at radius 3 is 1.88 bits per heavy atom. The van der Waals surface area contributed by atoms with E-state index in [1.807, 2.05) is 38.1 Å². The van der Waals surface area contributed by atoms with Gasteiger partial charge in [0.2, 0.25) is 0 Å². The Morgan fingerprint density at radius 1 is 0.938 bits per heavy atom. The van der Waals surface area contributed by atoms with Crippen LogP contribution in [0.25, 0.3) is 11.1 Å². The molecule has 2 aromatic carbocycles. The molecule has 1 N–H and O–H groups in total. The first-order chi connectivity index (χ1) is 14.7. The highest BCUT2D eigenvalue weighted by molar-refractivity contribution is 7.80. The summed E-state index contributed by atoms with van der Waals surface area (Å²) in [7, 11) is 0. The van der Waals surface area contributed by atoms with Crippen molar-refractivity contribution in [2.75, 3.05) is 0 Å². The quantitative estimate of drug-likeness (QED) is 0.369. The van der Waals surface area contributed by atoms with Crippen LogP contribution in [0.5, 0.6) is 0 Å². The Balaban J connectivity index is 0.000000235. The molecule has 32 heavy (non-hydrogen) atoms. The van der Waals surface area contributed by atoms with Crippen molar-refractivity contribution in [3.63, 3.8) is 0 Å². The number of aryl methyl sites for hydroxylation is 2. The smallest absolute Gasteiger partial charge is 0.416 e. The fraction of sp³-hybridized carbons (Fsp3) is 0.320. The van der Waals surface area contributed by atoms with Crippen molar-refractivity contribution < 1.29 is 23.1 Å². The third-order valence-corrected chi connectivity index (χ3v) is 7.27. The number of benzene rings is 2. The molecule has 3 rings (SSSR count). The van der Waals surface area contributed by atoms with Gasteiger partial charge in [0, 0.05) is 10.1 Å². The zero-order valence-corrected chi connectivity index (χ0v) is 20.3. The van der Waals surface area contributed by atoms with E-state index < -0.39 is 17.7 Å². The predicted molar refractivity (Wildman–Crippen MR) is 129 cm³/mol. The molecule has 0 saturated heterocycles. The van der Waals surface area contributed by atoms with Gasteiger partial charge in [0.15, 0.2) is 0 Å². The Bertz CT molecular complexity index is 1040. The first kappa shape index (κ1) is 26.0. The first-order valence-electron chi connectivity index (χ1n) is 9.96. The van der Waals surface area contributed by atoms with Crippen LogP contribution in [0.1, 0.15) is 57.3 Å². The van der Waals surface area contributed by atoms with Gasteiger partial charge in [-0.25, -0.2) is 4.79 Å². The van der Waals surface area contributed by atoms with E-state index in [4.69, 9.17) is 5.11 Å². The van der Waals surface area contributed by atoms with Crippen LogP contribution < -0.4 is 0 Å². The number of thiophene rings is 1. The maximum absolute atomic E-state index is 12.5. The van der Waals surface area contributed by atoms with Crippen molar-refractivity contribution in [3.05, 3.63) is 81.0 Å². The minimum absolute atomic E-state index is 0.0454. The van der Waals surface area contributed by atoms with Gasteiger partial charge in [-0.1, -0.05) is 51.1 Å². The van der Waals surface area contributed by atoms with Crippen molar-refractivity contribution in [1.29, 1.82) is 0 Å². The second-order valence-corrected chi connectivity index (χ2v) is 10.2. The van der Waals surface area contributed by atoms with Crippen LogP contribution >= 0.6 is 24.0 Å². The molecule has 7 heteroatoms. The third-order valence-electron chi connectivity index (χ3n) is 4.91. The van der Waals surface area contributed by atoms with Gasteiger partial charge in [-0.05, 0) is 65.8 Å². The van der Waals surface area contributed by atoms with Crippen molar-refractivity contribution in [2.24, 2.45) is 5.41 Å². The third kappa shape index (κ3) is 6.62. The van der Waals surface area contributed by atoms with Gasteiger partial charge in [0.1, 0.15) is 4.88 Å². The number of hydrogen-bond donors (Lipinski definition) is 2. The molecule has 0 radical (unpaired) electrons. The molecule has 3 aromatic rings. The van der Waals surface area contributed by atoms with E-state index in [-0.39, 0.29) is 10.7 Å². The molecule has 1 unspecified atom stereocenters. The minimum Gasteiger partial charge on any atom is -0.477 e. The average Bonchev–Trinajstić information content (AvgIpc) is 3.17. The van der Waals surface area contributed by atoms with Gasteiger partial charge in [-0.15, -0.1) is 11.3 Å². The summed E-state index contributed by atoms with van der Waals surface area (Å²) in [6.07, 6.45) is -4.28. The Labute approximate surface area is 196 Å². The summed E-state index contributed by atoms with van der Waals surface area (Å²) in [5, 5.41) is 8.85. The molecule has 1 heterocycles. The number of carbonyl (C=O) groups is 1. The number of rotatable bonds is 3. The number of alkyl halides is 3. The maximum Gasteiger partial charge on any atom is 0.416 e. The largest absolute Gasteiger partial charge is 0.477 e. The fourth-order valence-corrected chi connectivity index (χ4v) is 4.46. The standard InChI is InChI=1S/C15H13F3.C10H14O2S2/c1-10-4-3-5-11(2)14(10)12-6-8-13(9-7-12)15(16,17)18;1-10(2,3)8(13)6-4-5-7(14-6)9(11)12/h3-9H,1-2H3;4-5,8,13H,1-3H3,(H,11,12). The van der Waals surface area contributed by atoms with Crippen LogP contribution in [0.3, 0.4) is 0 Å². The van der Waals surface area contributed by atoms with Crippen LogP contribution in [0.4, 0.5) is 13.2 Å². The zero-order chi connectivity index (χ0) is 24.3. The van der Waals surface area contributed by atoms with E-state index in [9.17, 15) is 18.0 Å². The number of hydrogen-bond acceptors (Lipinski definition) is 3. The number of carboxylic acids is 1. The molecule has 2 nitrogen and oxygen atoms in total. The predicted octanol–water partition coefficient (Wildman–Crippen LogP) is 8.45. The lowest BCUT2D eigenvalue weighted by molar-refractivity contribution is -0.137. The Kier molecular flexibility index (Phi) is 8.23. The van der Waals surface area contributed by atoms with Gasteiger partial charge < -0.3 is 5.11 Å². The SMILES string of the molecule is CC(C)(C)C(S)c1ccc(C(=O)O)s1.Cc1cccc(C)c1-c1ccc(C(F)(F)F)cc1. The molecule has 1 atom stereocenters. The summed E-state index contributed by atoms with van der Waals surface area (Å²) in [4.78, 5) is 12.1. The highest BCUT2D eigenvalue weighted by Crippen LogP contribution is 2.41. The molecule has 172 valence electrons. The summed E-state index contributed by atoms with van der Waals surface area (Å²) in [6.45, 7) is 10.2. The van der Waals surface area contributed by atoms with Gasteiger partial charge in [0.05, 0.1) is 5.56 Å². The molecule has 0 bridgehead atoms. The Morgan fingerprint density at radius 2 is 1.47 bits per heavy atom. The van der Waals surface area contributed by atoms with Gasteiger partial charge in [-0.3, -0.25) is 0 Å². The summed E-state index contributed by atoms with van der Waals surface area (Å²) >= 11 is 5.80. The highest BCUT2D eigenvalue weighted by Gasteiger charge is 2.30. The second-order valence-electron chi connectivity index (χ2n) is 8.62. The number of thiol groups is 1. The summed E-state index contributed by atoms with van der Waals surface area (Å²) in [6, 6.07) is 14.6. The van der Waals surface area contributed by atoms with Crippen molar-refractivity contribution in [1.82, 2.24) is 0 Å². The molecule has 0 amide bonds. The van der Waals surface area contributed by atoms with Gasteiger partial charge >= 0.3 is 12.1 Å². The van der Waals surface area contributed by atoms with E-state index >= 15 is 0 Å². The van der Waals surface area contributed by atoms with E-state index in [0.29, 0.717) is 4.88 Å². The van der Waals surface area contributed by atoms with Crippen LogP contribution in [0.2, 0.25) is 0 Å². The fourth-order valence-electron chi connectivity index (χ4n) is 3.14. The van der Waals surface area contributed by atoms with Crippen LogP contribution in [-0.2, 0) is 6.18 Å². The summed E-state index contributed by atoms with van der Waals surface area (Å²) in [5.74, 6) is -0.865. The molecular formula is C25H27F3O2S2. The topological polar surface area (TPSA) is 37.3 Å². The minimum atomic E-state index is -4.28. The monoisotopic (exact) mass is 480 g/mol. The van der Waals surface area contributed by atoms with Crippen molar-refractivity contribution in [2.45, 2.75) is 46.0 Å². The van der Waals surface area contributed by atoms with E-state index in [1.54, 1.807) is 6.07 Å². The van der Waals surface area contributed by atoms with E-state index in [2.05, 4.69) is 33.4 Å². The lowest BCUT2D eigenvalue weighted by atomic mass is 9.91. The zero-order valence-electron chi connectivity index (χ0n) is 18.6. The van der Waals surface area contributed by atoms with Gasteiger partial charge in [0.25, 0.3) is 0 Å². The maximum atomic E-state index is 12.5. The number of carboxylic acid groups (broad SMARTS) is 1. The lowest BCUT2D eigenvalue weighted by Crippen LogP contribution is -2.11. The first-order valence-corrected chi connectivity index (χ1v) is 11.3. The molecule has 1 aromatic heterocycles. The second kappa shape index (κ2) is 10.1. The Hall–Kier alpha value is -2.25. The van der Waals surface area contributed by atoms with Crippen LogP contribution in [0, 0.1) is 19.3 Å². The van der Waals surface area contributed by atoms with Crippen LogP contribution in [0.15, 0.2) is 54.6 Å².